The Bertz CT molecular complexity index is 767. The van der Waals surface area contributed by atoms with Crippen LogP contribution in [0.25, 0.3) is 0 Å². The van der Waals surface area contributed by atoms with Crippen molar-refractivity contribution in [2.75, 3.05) is 7.05 Å². The Hall–Kier alpha value is -2.41. The molecular formula is C32H53N. The molecule has 0 spiro atoms. The lowest BCUT2D eigenvalue weighted by Crippen LogP contribution is -1.99. The highest BCUT2D eigenvalue weighted by atomic mass is 14.7. The van der Waals surface area contributed by atoms with Gasteiger partial charge < -0.3 is 0 Å². The van der Waals surface area contributed by atoms with Crippen LogP contribution in [0.15, 0.2) is 89.0 Å². The van der Waals surface area contributed by atoms with E-state index in [1.807, 2.05) is 39.8 Å². The summed E-state index contributed by atoms with van der Waals surface area (Å²) in [5.74, 6) is 0. The van der Waals surface area contributed by atoms with Crippen LogP contribution in [0.4, 0.5) is 0 Å². The zero-order valence-electron chi connectivity index (χ0n) is 23.9. The van der Waals surface area contributed by atoms with E-state index in [2.05, 4.69) is 90.5 Å². The lowest BCUT2D eigenvalue weighted by Gasteiger charge is -2.11. The quantitative estimate of drug-likeness (QED) is 0.212. The number of unbranched alkanes of at least 4 members (excludes halogenated alkanes) is 1. The third kappa shape index (κ3) is 17.8. The molecule has 0 bridgehead atoms. The van der Waals surface area contributed by atoms with Gasteiger partial charge in [0.25, 0.3) is 0 Å². The molecule has 0 radical (unpaired) electrons. The first-order valence-corrected chi connectivity index (χ1v) is 12.4. The summed E-state index contributed by atoms with van der Waals surface area (Å²) in [6.45, 7) is 32.3. The molecule has 1 heteroatoms. The van der Waals surface area contributed by atoms with Crippen molar-refractivity contribution in [3.63, 3.8) is 0 Å². The molecule has 0 atom stereocenters. The number of allylic oxidation sites excluding steroid dienone is 7. The van der Waals surface area contributed by atoms with Crippen LogP contribution >= 0.6 is 0 Å². The van der Waals surface area contributed by atoms with Crippen LogP contribution < -0.4 is 0 Å². The molecule has 186 valence electrons. The molecule has 0 amide bonds. The number of nitrogens with zero attached hydrogens (tertiary/aromatic N) is 1. The SMILES string of the molecule is C=C(C)CCCC.C=C/C(=C\C)C(=C)/C(C)=C(/C)C(C)=NC.CC.CCc1ccc(C)cc1. The van der Waals surface area contributed by atoms with Gasteiger partial charge in [-0.2, -0.15) is 0 Å². The Balaban J connectivity index is -0.000000425. The van der Waals surface area contributed by atoms with Crippen molar-refractivity contribution in [1.29, 1.82) is 0 Å². The van der Waals surface area contributed by atoms with E-state index in [1.54, 1.807) is 7.05 Å². The number of hydrogen-bond donors (Lipinski definition) is 0. The van der Waals surface area contributed by atoms with Crippen LogP contribution in [0.1, 0.15) is 92.7 Å². The predicted octanol–water partition coefficient (Wildman–Crippen LogP) is 10.4. The van der Waals surface area contributed by atoms with Gasteiger partial charge in [0.15, 0.2) is 0 Å². The number of benzene rings is 1. The normalized spacial score (nSPS) is 11.4. The maximum atomic E-state index is 4.18. The summed E-state index contributed by atoms with van der Waals surface area (Å²) in [7, 11) is 1.80. The lowest BCUT2D eigenvalue weighted by molar-refractivity contribution is 0.789. The van der Waals surface area contributed by atoms with Crippen molar-refractivity contribution in [2.24, 2.45) is 4.99 Å². The minimum Gasteiger partial charge on any atom is -0.293 e. The average molecular weight is 452 g/mol. The van der Waals surface area contributed by atoms with E-state index in [4.69, 9.17) is 0 Å². The summed E-state index contributed by atoms with van der Waals surface area (Å²) in [6.07, 6.45) is 8.78. The lowest BCUT2D eigenvalue weighted by atomic mass is 9.95. The predicted molar refractivity (Wildman–Crippen MR) is 157 cm³/mol. The van der Waals surface area contributed by atoms with Crippen LogP contribution in [-0.2, 0) is 6.42 Å². The Morgan fingerprint density at radius 2 is 1.45 bits per heavy atom. The molecule has 1 rings (SSSR count). The zero-order chi connectivity index (χ0) is 26.4. The van der Waals surface area contributed by atoms with Gasteiger partial charge in [-0.3, -0.25) is 4.99 Å². The number of aliphatic imine (C=N–C) groups is 1. The Labute approximate surface area is 207 Å². The first kappa shape index (κ1) is 35.2. The van der Waals surface area contributed by atoms with E-state index in [9.17, 15) is 0 Å². The largest absolute Gasteiger partial charge is 0.293 e. The monoisotopic (exact) mass is 451 g/mol. The molecule has 1 aromatic rings. The summed E-state index contributed by atoms with van der Waals surface area (Å²) >= 11 is 0. The second-order valence-electron chi connectivity index (χ2n) is 7.89. The smallest absolute Gasteiger partial charge is 0.0345 e. The van der Waals surface area contributed by atoms with E-state index >= 15 is 0 Å². The van der Waals surface area contributed by atoms with Crippen molar-refractivity contribution < 1.29 is 0 Å². The Morgan fingerprint density at radius 3 is 1.76 bits per heavy atom. The molecule has 0 saturated heterocycles. The number of aryl methyl sites for hydroxylation is 2. The second-order valence-corrected chi connectivity index (χ2v) is 7.89. The topological polar surface area (TPSA) is 12.4 Å². The highest BCUT2D eigenvalue weighted by molar-refractivity contribution is 5.99. The van der Waals surface area contributed by atoms with Crippen LogP contribution in [0, 0.1) is 6.92 Å². The van der Waals surface area contributed by atoms with E-state index in [-0.39, 0.29) is 0 Å². The fourth-order valence-electron chi connectivity index (χ4n) is 2.60. The molecule has 0 heterocycles. The summed E-state index contributed by atoms with van der Waals surface area (Å²) in [5.41, 5.74) is 9.57. The molecule has 0 aliphatic heterocycles. The highest BCUT2D eigenvalue weighted by Gasteiger charge is 2.05. The molecule has 1 nitrogen and oxygen atoms in total. The molecule has 0 aliphatic rings. The Morgan fingerprint density at radius 1 is 0.939 bits per heavy atom. The molecule has 1 aromatic carbocycles. The Kier molecular flexibility index (Phi) is 24.3. The fraction of sp³-hybridized carbons (Fsp3) is 0.469. The molecule has 0 aliphatic carbocycles. The summed E-state index contributed by atoms with van der Waals surface area (Å²) in [5, 5.41) is 0. The van der Waals surface area contributed by atoms with Gasteiger partial charge in [0.1, 0.15) is 0 Å². The van der Waals surface area contributed by atoms with E-state index in [0.717, 1.165) is 23.3 Å². The molecule has 0 fully saturated rings. The second kappa shape index (κ2) is 22.8. The standard InChI is InChI=1S/C14H21N.C9H12.C7H14.C2H6/c1-8-14(9-2)12(5)10(3)11(4)13(6)15-7;1-3-9-6-4-8(2)5-7-9;1-4-5-6-7(2)3;1-2/h8-9H,1,5H2,2-4,6-7H3;4-7H,3H2,1-2H3;2,4-6H2,1,3H3;1-2H3/b11-10-,14-9+,15-13?;;;. The number of hydrogen-bond acceptors (Lipinski definition) is 1. The van der Waals surface area contributed by atoms with Gasteiger partial charge in [-0.15, -0.1) is 6.58 Å². The zero-order valence-corrected chi connectivity index (χ0v) is 23.9. The molecule has 0 saturated carbocycles. The third-order valence-corrected chi connectivity index (χ3v) is 5.26. The van der Waals surface area contributed by atoms with Crippen LogP contribution in [0.5, 0.6) is 0 Å². The van der Waals surface area contributed by atoms with Gasteiger partial charge in [0.2, 0.25) is 0 Å². The van der Waals surface area contributed by atoms with Crippen molar-refractivity contribution in [1.82, 2.24) is 0 Å². The van der Waals surface area contributed by atoms with Gasteiger partial charge in [0.05, 0.1) is 0 Å². The minimum absolute atomic E-state index is 1.02. The van der Waals surface area contributed by atoms with Crippen molar-refractivity contribution in [2.45, 2.75) is 94.9 Å². The molecule has 0 aromatic heterocycles. The first-order valence-electron chi connectivity index (χ1n) is 12.4. The van der Waals surface area contributed by atoms with Gasteiger partial charge in [-0.1, -0.05) is 94.8 Å². The van der Waals surface area contributed by atoms with Crippen LogP contribution in [0.3, 0.4) is 0 Å². The fourth-order valence-corrected chi connectivity index (χ4v) is 2.60. The first-order chi connectivity index (χ1) is 15.6. The highest BCUT2D eigenvalue weighted by Crippen LogP contribution is 2.21. The summed E-state index contributed by atoms with van der Waals surface area (Å²) < 4.78 is 0. The number of rotatable bonds is 8. The summed E-state index contributed by atoms with van der Waals surface area (Å²) in [4.78, 5) is 4.18. The van der Waals surface area contributed by atoms with Crippen LogP contribution in [-0.4, -0.2) is 12.8 Å². The van der Waals surface area contributed by atoms with Crippen LogP contribution in [0.2, 0.25) is 0 Å². The van der Waals surface area contributed by atoms with E-state index in [0.29, 0.717) is 0 Å². The summed E-state index contributed by atoms with van der Waals surface area (Å²) in [6, 6.07) is 8.66. The maximum absolute atomic E-state index is 4.18. The van der Waals surface area contributed by atoms with Crippen molar-refractivity contribution in [3.05, 3.63) is 95.1 Å². The molecular weight excluding hydrogens is 398 g/mol. The van der Waals surface area contributed by atoms with Crippen molar-refractivity contribution in [3.8, 4) is 0 Å². The minimum atomic E-state index is 1.02. The molecule has 0 unspecified atom stereocenters. The van der Waals surface area contributed by atoms with Gasteiger partial charge in [-0.05, 0) is 88.7 Å². The van der Waals surface area contributed by atoms with E-state index in [1.165, 1.54) is 47.1 Å². The maximum Gasteiger partial charge on any atom is 0.0345 e. The molecule has 0 N–H and O–H groups in total. The van der Waals surface area contributed by atoms with Gasteiger partial charge in [0, 0.05) is 12.8 Å². The average Bonchev–Trinajstić information content (AvgIpc) is 2.84. The van der Waals surface area contributed by atoms with Crippen molar-refractivity contribution >= 4 is 5.71 Å². The third-order valence-electron chi connectivity index (χ3n) is 5.26. The van der Waals surface area contributed by atoms with E-state index < -0.39 is 0 Å². The van der Waals surface area contributed by atoms with Gasteiger partial charge in [-0.25, -0.2) is 0 Å². The molecule has 33 heavy (non-hydrogen) atoms. The van der Waals surface area contributed by atoms with Gasteiger partial charge >= 0.3 is 0 Å².